The Hall–Kier alpha value is -1.92. The van der Waals surface area contributed by atoms with Crippen molar-refractivity contribution < 1.29 is 14.2 Å². The molecule has 4 nitrogen and oxygen atoms in total. The Morgan fingerprint density at radius 3 is 2.56 bits per heavy atom. The minimum atomic E-state index is -1.71. The largest absolute Gasteiger partial charge is 0.373 e. The van der Waals surface area contributed by atoms with Crippen molar-refractivity contribution >= 4 is 23.2 Å². The molecule has 0 fully saturated rings. The van der Waals surface area contributed by atoms with Gasteiger partial charge in [0.25, 0.3) is 0 Å². The van der Waals surface area contributed by atoms with Crippen LogP contribution < -0.4 is 0 Å². The van der Waals surface area contributed by atoms with Gasteiger partial charge < -0.3 is 14.4 Å². The van der Waals surface area contributed by atoms with Crippen molar-refractivity contribution in [2.45, 2.75) is 12.3 Å². The van der Waals surface area contributed by atoms with E-state index in [9.17, 15) is 9.50 Å². The van der Waals surface area contributed by atoms with Crippen molar-refractivity contribution in [3.05, 3.63) is 87.7 Å². The van der Waals surface area contributed by atoms with Gasteiger partial charge in [-0.3, -0.25) is 0 Å². The lowest BCUT2D eigenvalue weighted by atomic mass is 9.85. The van der Waals surface area contributed by atoms with Crippen LogP contribution in [-0.2, 0) is 17.1 Å². The fourth-order valence-electron chi connectivity index (χ4n) is 2.75. The van der Waals surface area contributed by atoms with Crippen LogP contribution in [0.2, 0.25) is 10.0 Å². The van der Waals surface area contributed by atoms with E-state index < -0.39 is 11.4 Å². The fourth-order valence-corrected chi connectivity index (χ4v) is 3.30. The molecular weight excluding hydrogens is 366 g/mol. The van der Waals surface area contributed by atoms with Gasteiger partial charge in [0.15, 0.2) is 11.4 Å². The van der Waals surface area contributed by atoms with E-state index in [2.05, 4.69) is 4.98 Å². The summed E-state index contributed by atoms with van der Waals surface area (Å²) in [5.74, 6) is -0.112. The van der Waals surface area contributed by atoms with E-state index in [1.54, 1.807) is 29.1 Å². The second-order valence-electron chi connectivity index (χ2n) is 5.48. The van der Waals surface area contributed by atoms with Gasteiger partial charge in [0.1, 0.15) is 12.5 Å². The third-order valence-electron chi connectivity index (χ3n) is 3.89. The number of nitrogens with zero attached hydrogens (tertiary/aromatic N) is 2. The van der Waals surface area contributed by atoms with E-state index >= 15 is 0 Å². The molecule has 1 heterocycles. The van der Waals surface area contributed by atoms with Gasteiger partial charge in [0, 0.05) is 35.1 Å². The van der Waals surface area contributed by atoms with Gasteiger partial charge in [-0.05, 0) is 29.8 Å². The average Bonchev–Trinajstić information content (AvgIpc) is 3.04. The summed E-state index contributed by atoms with van der Waals surface area (Å²) in [6.07, 6.45) is 3.23. The van der Waals surface area contributed by atoms with E-state index in [1.165, 1.54) is 37.4 Å². The van der Waals surface area contributed by atoms with Crippen LogP contribution >= 0.6 is 23.2 Å². The molecule has 0 bridgehead atoms. The van der Waals surface area contributed by atoms with Crippen molar-refractivity contribution in [2.24, 2.45) is 0 Å². The van der Waals surface area contributed by atoms with Crippen LogP contribution in [0.5, 0.6) is 0 Å². The molecule has 0 aliphatic rings. The standard InChI is InChI=1S/C18H15Cl2FN2O2/c1-25-11-23-9-8-22-17(23)18(24,12-2-5-14(21)6-3-12)15-7-4-13(19)10-16(15)20/h2-10,24H,11H2,1H3. The van der Waals surface area contributed by atoms with Gasteiger partial charge in [-0.25, -0.2) is 9.37 Å². The van der Waals surface area contributed by atoms with Gasteiger partial charge in [-0.1, -0.05) is 41.4 Å². The number of aromatic nitrogens is 2. The molecule has 25 heavy (non-hydrogen) atoms. The van der Waals surface area contributed by atoms with E-state index in [4.69, 9.17) is 27.9 Å². The quantitative estimate of drug-likeness (QED) is 0.720. The summed E-state index contributed by atoms with van der Waals surface area (Å²) in [6.45, 7) is 0.185. The lowest BCUT2D eigenvalue weighted by Gasteiger charge is -2.30. The Balaban J connectivity index is 2.27. The van der Waals surface area contributed by atoms with Crippen molar-refractivity contribution in [1.82, 2.24) is 9.55 Å². The maximum Gasteiger partial charge on any atom is 0.174 e. The molecular formula is C18H15Cl2FN2O2. The topological polar surface area (TPSA) is 47.3 Å². The zero-order chi connectivity index (χ0) is 18.0. The number of rotatable bonds is 5. The normalized spacial score (nSPS) is 13.6. The highest BCUT2D eigenvalue weighted by molar-refractivity contribution is 6.35. The number of hydrogen-bond acceptors (Lipinski definition) is 3. The van der Waals surface area contributed by atoms with E-state index in [1.807, 2.05) is 0 Å². The Labute approximate surface area is 154 Å². The lowest BCUT2D eigenvalue weighted by Crippen LogP contribution is -2.33. The first-order chi connectivity index (χ1) is 12.0. The molecule has 1 unspecified atom stereocenters. The Kier molecular flexibility index (Phi) is 5.11. The second kappa shape index (κ2) is 7.14. The summed E-state index contributed by atoms with van der Waals surface area (Å²) >= 11 is 12.3. The monoisotopic (exact) mass is 380 g/mol. The van der Waals surface area contributed by atoms with Crippen molar-refractivity contribution in [1.29, 1.82) is 0 Å². The van der Waals surface area contributed by atoms with Crippen LogP contribution in [0.4, 0.5) is 4.39 Å². The molecule has 0 saturated heterocycles. The van der Waals surface area contributed by atoms with E-state index in [0.717, 1.165) is 0 Å². The predicted octanol–water partition coefficient (Wildman–Crippen LogP) is 4.22. The molecule has 1 aromatic heterocycles. The SMILES string of the molecule is COCn1ccnc1C(O)(c1ccc(F)cc1)c1ccc(Cl)cc1Cl. The number of imidazole rings is 1. The zero-order valence-corrected chi connectivity index (χ0v) is 14.8. The van der Waals surface area contributed by atoms with Crippen molar-refractivity contribution in [3.63, 3.8) is 0 Å². The molecule has 1 N–H and O–H groups in total. The molecule has 0 amide bonds. The Morgan fingerprint density at radius 1 is 1.20 bits per heavy atom. The first-order valence-corrected chi connectivity index (χ1v) is 8.17. The van der Waals surface area contributed by atoms with Crippen molar-refractivity contribution in [3.8, 4) is 0 Å². The highest BCUT2D eigenvalue weighted by atomic mass is 35.5. The first-order valence-electron chi connectivity index (χ1n) is 7.41. The molecule has 130 valence electrons. The number of ether oxygens (including phenoxy) is 1. The van der Waals surface area contributed by atoms with Crippen LogP contribution in [0.3, 0.4) is 0 Å². The summed E-state index contributed by atoms with van der Waals surface area (Å²) in [5, 5.41) is 12.4. The maximum absolute atomic E-state index is 13.4. The number of aliphatic hydroxyl groups is 1. The molecule has 0 saturated carbocycles. The Morgan fingerprint density at radius 2 is 1.92 bits per heavy atom. The number of hydrogen-bond donors (Lipinski definition) is 1. The molecule has 3 aromatic rings. The third-order valence-corrected chi connectivity index (χ3v) is 4.44. The number of benzene rings is 2. The van der Waals surface area contributed by atoms with Crippen LogP contribution in [0, 0.1) is 5.82 Å². The van der Waals surface area contributed by atoms with Crippen LogP contribution in [0.25, 0.3) is 0 Å². The Bertz CT molecular complexity index is 883. The van der Waals surface area contributed by atoms with Gasteiger partial charge >= 0.3 is 0 Å². The minimum Gasteiger partial charge on any atom is -0.373 e. The second-order valence-corrected chi connectivity index (χ2v) is 6.32. The zero-order valence-electron chi connectivity index (χ0n) is 13.3. The summed E-state index contributed by atoms with van der Waals surface area (Å²) in [4.78, 5) is 4.29. The molecule has 2 aromatic carbocycles. The predicted molar refractivity (Wildman–Crippen MR) is 94.2 cm³/mol. The minimum absolute atomic E-state index is 0.185. The highest BCUT2D eigenvalue weighted by Gasteiger charge is 2.39. The first kappa shape index (κ1) is 17.9. The molecule has 7 heteroatoms. The average molecular weight is 381 g/mol. The van der Waals surface area contributed by atoms with Gasteiger partial charge in [0.05, 0.1) is 0 Å². The molecule has 3 rings (SSSR count). The highest BCUT2D eigenvalue weighted by Crippen LogP contribution is 2.40. The molecule has 0 spiro atoms. The van der Waals surface area contributed by atoms with Crippen molar-refractivity contribution in [2.75, 3.05) is 7.11 Å². The number of halogens is 3. The van der Waals surface area contributed by atoms with Crippen LogP contribution in [-0.4, -0.2) is 21.8 Å². The van der Waals surface area contributed by atoms with Crippen LogP contribution in [0.1, 0.15) is 17.0 Å². The van der Waals surface area contributed by atoms with E-state index in [-0.39, 0.29) is 11.8 Å². The maximum atomic E-state index is 13.4. The van der Waals surface area contributed by atoms with E-state index in [0.29, 0.717) is 22.0 Å². The fraction of sp³-hybridized carbons (Fsp3) is 0.167. The summed E-state index contributed by atoms with van der Waals surface area (Å²) < 4.78 is 20.2. The third kappa shape index (κ3) is 3.28. The number of methoxy groups -OCH3 is 1. The van der Waals surface area contributed by atoms with Gasteiger partial charge in [-0.15, -0.1) is 0 Å². The van der Waals surface area contributed by atoms with Gasteiger partial charge in [0.2, 0.25) is 0 Å². The summed E-state index contributed by atoms with van der Waals surface area (Å²) in [7, 11) is 1.54. The lowest BCUT2D eigenvalue weighted by molar-refractivity contribution is 0.0846. The van der Waals surface area contributed by atoms with Gasteiger partial charge in [-0.2, -0.15) is 0 Å². The molecule has 1 atom stereocenters. The molecule has 0 aliphatic heterocycles. The summed E-state index contributed by atoms with van der Waals surface area (Å²) in [6, 6.07) is 10.3. The summed E-state index contributed by atoms with van der Waals surface area (Å²) in [5.41, 5.74) is -0.910. The smallest absolute Gasteiger partial charge is 0.174 e. The molecule has 0 aliphatic carbocycles. The van der Waals surface area contributed by atoms with Crippen LogP contribution in [0.15, 0.2) is 54.9 Å². The molecule has 0 radical (unpaired) electrons.